The number of alkyl halides is 3. The number of hydrogen-bond acceptors (Lipinski definition) is 4. The zero-order chi connectivity index (χ0) is 15.9. The lowest BCUT2D eigenvalue weighted by atomic mass is 9.74. The molecule has 3 rings (SSSR count). The molecule has 1 N–H and O–H groups in total. The van der Waals surface area contributed by atoms with Gasteiger partial charge in [0, 0.05) is 17.7 Å². The highest BCUT2D eigenvalue weighted by Crippen LogP contribution is 2.41. The number of nitrogens with zero attached hydrogens (tertiary/aromatic N) is 2. The molecule has 1 aromatic rings. The number of halogens is 3. The number of nitrogens with one attached hydrogen (secondary N) is 1. The summed E-state index contributed by atoms with van der Waals surface area (Å²) in [6.45, 7) is 0. The summed E-state index contributed by atoms with van der Waals surface area (Å²) in [6, 6.07) is 2.35. The van der Waals surface area contributed by atoms with Gasteiger partial charge in [-0.15, -0.1) is 0 Å². The molecule has 8 heteroatoms. The van der Waals surface area contributed by atoms with Crippen LogP contribution in [-0.4, -0.2) is 10.6 Å². The summed E-state index contributed by atoms with van der Waals surface area (Å²) in [6.07, 6.45) is 1.29. The summed E-state index contributed by atoms with van der Waals surface area (Å²) in [5, 5.41) is 15.1. The molecule has 2 aliphatic carbocycles. The molecule has 22 heavy (non-hydrogen) atoms. The Bertz CT molecular complexity index is 682. The predicted octanol–water partition coefficient (Wildman–Crippen LogP) is 3.98. The molecular weight excluding hydrogens is 299 g/mol. The van der Waals surface area contributed by atoms with Crippen molar-refractivity contribution in [1.82, 2.24) is 0 Å². The highest BCUT2D eigenvalue weighted by atomic mass is 19.4. The Morgan fingerprint density at radius 1 is 1.36 bits per heavy atom. The maximum Gasteiger partial charge on any atom is 0.416 e. The van der Waals surface area contributed by atoms with Crippen LogP contribution in [-0.2, 0) is 6.18 Å². The van der Waals surface area contributed by atoms with Gasteiger partial charge in [0.25, 0.3) is 5.69 Å². The van der Waals surface area contributed by atoms with Crippen LogP contribution in [0.4, 0.5) is 24.5 Å². The Morgan fingerprint density at radius 3 is 2.77 bits per heavy atom. The summed E-state index contributed by atoms with van der Waals surface area (Å²) in [5.41, 5.74) is 1.66. The van der Waals surface area contributed by atoms with Crippen LogP contribution in [0.25, 0.3) is 0 Å². The first-order valence-corrected chi connectivity index (χ1v) is 6.71. The van der Waals surface area contributed by atoms with Crippen molar-refractivity contribution >= 4 is 17.1 Å². The maximum atomic E-state index is 12.6. The number of nitro groups is 1. The van der Waals surface area contributed by atoms with Gasteiger partial charge in [0.2, 0.25) is 0 Å². The van der Waals surface area contributed by atoms with Crippen molar-refractivity contribution in [2.24, 2.45) is 16.9 Å². The number of fused-ring (bicyclic) bond motifs is 1. The van der Waals surface area contributed by atoms with Crippen LogP contribution in [0, 0.1) is 22.0 Å². The summed E-state index contributed by atoms with van der Waals surface area (Å²) in [4.78, 5) is 10.1. The summed E-state index contributed by atoms with van der Waals surface area (Å²) in [7, 11) is 0. The predicted molar refractivity (Wildman–Crippen MR) is 74.5 cm³/mol. The molecule has 2 aliphatic rings. The van der Waals surface area contributed by atoms with Crippen molar-refractivity contribution < 1.29 is 18.1 Å². The SMILES string of the molecule is O=[N+]([O-])c1cc(C(F)(F)F)ccc1N/N=C1/C[C@H]2CC=C[C@@H]12. The molecular formula is C14H12F3N3O2. The van der Waals surface area contributed by atoms with Crippen molar-refractivity contribution in [3.05, 3.63) is 46.0 Å². The molecule has 116 valence electrons. The molecule has 0 aliphatic heterocycles. The van der Waals surface area contributed by atoms with E-state index in [2.05, 4.69) is 16.6 Å². The molecule has 0 heterocycles. The highest BCUT2D eigenvalue weighted by Gasteiger charge is 2.38. The minimum absolute atomic E-state index is 0.0454. The number of allylic oxidation sites excluding steroid dienone is 2. The third-order valence-corrected chi connectivity index (χ3v) is 3.99. The Labute approximate surface area is 123 Å². The van der Waals surface area contributed by atoms with Crippen LogP contribution >= 0.6 is 0 Å². The normalized spacial score (nSPS) is 25.0. The van der Waals surface area contributed by atoms with E-state index in [0.29, 0.717) is 12.0 Å². The summed E-state index contributed by atoms with van der Waals surface area (Å²) >= 11 is 0. The lowest BCUT2D eigenvalue weighted by Gasteiger charge is -2.31. The van der Waals surface area contributed by atoms with Gasteiger partial charge in [-0.05, 0) is 30.9 Å². The molecule has 0 bridgehead atoms. The molecule has 0 aromatic heterocycles. The minimum Gasteiger partial charge on any atom is -0.272 e. The molecule has 0 radical (unpaired) electrons. The van der Waals surface area contributed by atoms with E-state index in [-0.39, 0.29) is 11.6 Å². The van der Waals surface area contributed by atoms with Crippen molar-refractivity contribution in [1.29, 1.82) is 0 Å². The first-order chi connectivity index (χ1) is 10.4. The molecule has 0 amide bonds. The van der Waals surface area contributed by atoms with E-state index in [1.807, 2.05) is 6.08 Å². The average molecular weight is 311 g/mol. The molecule has 1 saturated carbocycles. The second-order valence-corrected chi connectivity index (χ2v) is 5.36. The summed E-state index contributed by atoms with van der Waals surface area (Å²) in [5.74, 6) is 0.796. The fourth-order valence-electron chi connectivity index (χ4n) is 2.75. The van der Waals surface area contributed by atoms with Crippen molar-refractivity contribution in [2.45, 2.75) is 19.0 Å². The van der Waals surface area contributed by atoms with E-state index in [0.717, 1.165) is 30.7 Å². The molecule has 0 spiro atoms. The van der Waals surface area contributed by atoms with Gasteiger partial charge in [-0.2, -0.15) is 18.3 Å². The smallest absolute Gasteiger partial charge is 0.272 e. The van der Waals surface area contributed by atoms with Crippen LogP contribution in [0.2, 0.25) is 0 Å². The standard InChI is InChI=1S/C14H12F3N3O2/c15-14(16,17)9-4-5-11(13(7-9)20(21)22)18-19-12-6-8-2-1-3-10(8)12/h1,3-5,7-8,10,18H,2,6H2/b19-12-/t8-,10-/m1/s1. The average Bonchev–Trinajstić information content (AvgIpc) is 2.79. The van der Waals surface area contributed by atoms with Gasteiger partial charge in [-0.3, -0.25) is 15.5 Å². The van der Waals surface area contributed by atoms with Crippen LogP contribution in [0.15, 0.2) is 35.5 Å². The molecule has 0 unspecified atom stereocenters. The third-order valence-electron chi connectivity index (χ3n) is 3.99. The minimum atomic E-state index is -4.62. The van der Waals surface area contributed by atoms with Gasteiger partial charge in [0.05, 0.1) is 10.5 Å². The van der Waals surface area contributed by atoms with Gasteiger partial charge in [-0.25, -0.2) is 0 Å². The van der Waals surface area contributed by atoms with Gasteiger partial charge in [-0.1, -0.05) is 12.2 Å². The van der Waals surface area contributed by atoms with Gasteiger partial charge >= 0.3 is 6.18 Å². The van der Waals surface area contributed by atoms with Crippen molar-refractivity contribution in [3.8, 4) is 0 Å². The van der Waals surface area contributed by atoms with Crippen LogP contribution in [0.5, 0.6) is 0 Å². The maximum absolute atomic E-state index is 12.6. The number of hydrogen-bond donors (Lipinski definition) is 1. The van der Waals surface area contributed by atoms with E-state index in [1.165, 1.54) is 0 Å². The van der Waals surface area contributed by atoms with E-state index >= 15 is 0 Å². The quantitative estimate of drug-likeness (QED) is 0.521. The Morgan fingerprint density at radius 2 is 2.14 bits per heavy atom. The van der Waals surface area contributed by atoms with Crippen LogP contribution < -0.4 is 5.43 Å². The fraction of sp³-hybridized carbons (Fsp3) is 0.357. The Hall–Kier alpha value is -2.38. The lowest BCUT2D eigenvalue weighted by molar-refractivity contribution is -0.384. The van der Waals surface area contributed by atoms with Crippen molar-refractivity contribution in [2.75, 3.05) is 5.43 Å². The number of anilines is 1. The van der Waals surface area contributed by atoms with E-state index in [9.17, 15) is 23.3 Å². The molecule has 2 atom stereocenters. The third kappa shape index (κ3) is 2.56. The Kier molecular flexibility index (Phi) is 3.38. The summed E-state index contributed by atoms with van der Waals surface area (Å²) < 4.78 is 37.8. The first-order valence-electron chi connectivity index (χ1n) is 6.71. The lowest BCUT2D eigenvalue weighted by Crippen LogP contribution is -2.33. The number of nitro benzene ring substituents is 1. The van der Waals surface area contributed by atoms with Crippen molar-refractivity contribution in [3.63, 3.8) is 0 Å². The van der Waals surface area contributed by atoms with Gasteiger partial charge in [0.1, 0.15) is 5.69 Å². The fourth-order valence-corrected chi connectivity index (χ4v) is 2.75. The van der Waals surface area contributed by atoms with E-state index in [4.69, 9.17) is 0 Å². The number of benzene rings is 1. The van der Waals surface area contributed by atoms with Gasteiger partial charge in [0.15, 0.2) is 0 Å². The zero-order valence-electron chi connectivity index (χ0n) is 11.3. The zero-order valence-corrected chi connectivity index (χ0v) is 11.3. The van der Waals surface area contributed by atoms with Crippen LogP contribution in [0.1, 0.15) is 18.4 Å². The monoisotopic (exact) mass is 311 g/mol. The largest absolute Gasteiger partial charge is 0.416 e. The molecule has 5 nitrogen and oxygen atoms in total. The van der Waals surface area contributed by atoms with E-state index < -0.39 is 22.4 Å². The first kappa shape index (κ1) is 14.6. The van der Waals surface area contributed by atoms with E-state index in [1.54, 1.807) is 0 Å². The van der Waals surface area contributed by atoms with Crippen LogP contribution in [0.3, 0.4) is 0 Å². The number of rotatable bonds is 3. The topological polar surface area (TPSA) is 67.5 Å². The number of hydrazone groups is 1. The second kappa shape index (κ2) is 5.11. The molecule has 1 fully saturated rings. The molecule has 1 aromatic carbocycles. The van der Waals surface area contributed by atoms with Gasteiger partial charge < -0.3 is 0 Å². The Balaban J connectivity index is 1.83. The highest BCUT2D eigenvalue weighted by molar-refractivity contribution is 5.95. The second-order valence-electron chi connectivity index (χ2n) is 5.36. The molecule has 0 saturated heterocycles.